The Balaban J connectivity index is 1.31. The molecule has 0 aliphatic heterocycles. The molecule has 0 spiro atoms. The van der Waals surface area contributed by atoms with Gasteiger partial charge in [-0.1, -0.05) is 191 Å². The fourth-order valence-corrected chi connectivity index (χ4v) is 6.42. The number of benzene rings is 2. The third-order valence-electron chi connectivity index (χ3n) is 8.04. The molecular weight excluding hydrogens is 535 g/mol. The Bertz CT molecular complexity index is 759. The van der Waals surface area contributed by atoms with Gasteiger partial charge in [0.25, 0.3) is 0 Å². The second-order valence-corrected chi connectivity index (χ2v) is 13.1. The Kier molecular flexibility index (Phi) is 24.6. The molecule has 238 valence electrons. The molecule has 42 heavy (non-hydrogen) atoms. The van der Waals surface area contributed by atoms with Gasteiger partial charge in [-0.3, -0.25) is 4.52 Å². The molecule has 0 saturated heterocycles. The topological polar surface area (TPSA) is 27.7 Å². The SMILES string of the molecule is CCCCCCCCCCCCCCCCCCCCCCCCCCOP(Oc1ccccc1)Oc1ccccc1. The van der Waals surface area contributed by atoms with Gasteiger partial charge in [0.05, 0.1) is 6.61 Å². The van der Waals surface area contributed by atoms with E-state index in [0.29, 0.717) is 6.61 Å². The minimum Gasteiger partial charge on any atom is -0.418 e. The molecule has 2 aromatic carbocycles. The van der Waals surface area contributed by atoms with Crippen LogP contribution in [0, 0.1) is 0 Å². The predicted molar refractivity (Wildman–Crippen MR) is 183 cm³/mol. The summed E-state index contributed by atoms with van der Waals surface area (Å²) in [5, 5.41) is 0. The molecule has 0 aliphatic carbocycles. The highest BCUT2D eigenvalue weighted by Gasteiger charge is 2.17. The van der Waals surface area contributed by atoms with E-state index in [1.165, 1.54) is 148 Å². The molecule has 0 bridgehead atoms. The normalized spacial score (nSPS) is 11.3. The summed E-state index contributed by atoms with van der Waals surface area (Å²) in [5.74, 6) is 1.55. The first kappa shape index (κ1) is 36.6. The average Bonchev–Trinajstić information content (AvgIpc) is 3.02. The van der Waals surface area contributed by atoms with Crippen LogP contribution in [0.25, 0.3) is 0 Å². The second kappa shape index (κ2) is 28.2. The maximum absolute atomic E-state index is 6.02. The first-order valence-corrected chi connectivity index (χ1v) is 18.9. The van der Waals surface area contributed by atoms with Crippen molar-refractivity contribution in [2.45, 2.75) is 161 Å². The third-order valence-corrected chi connectivity index (χ3v) is 9.15. The van der Waals surface area contributed by atoms with Crippen molar-refractivity contribution in [1.29, 1.82) is 0 Å². The molecule has 0 fully saturated rings. The highest BCUT2D eigenvalue weighted by atomic mass is 31.2. The Morgan fingerprint density at radius 1 is 0.381 bits per heavy atom. The van der Waals surface area contributed by atoms with E-state index in [9.17, 15) is 0 Å². The summed E-state index contributed by atoms with van der Waals surface area (Å²) in [6.07, 6.45) is 33.8. The molecule has 0 radical (unpaired) electrons. The molecule has 2 rings (SSSR count). The molecule has 0 atom stereocenters. The van der Waals surface area contributed by atoms with Crippen LogP contribution in [0.5, 0.6) is 11.5 Å². The fraction of sp³-hybridized carbons (Fsp3) is 0.684. The van der Waals surface area contributed by atoms with E-state index in [-0.39, 0.29) is 0 Å². The number of rotatable bonds is 30. The molecule has 0 amide bonds. The van der Waals surface area contributed by atoms with Gasteiger partial charge < -0.3 is 9.05 Å². The lowest BCUT2D eigenvalue weighted by Gasteiger charge is -2.17. The van der Waals surface area contributed by atoms with Crippen molar-refractivity contribution in [3.05, 3.63) is 60.7 Å². The van der Waals surface area contributed by atoms with Gasteiger partial charge in [-0.05, 0) is 30.7 Å². The van der Waals surface area contributed by atoms with E-state index >= 15 is 0 Å². The highest BCUT2D eigenvalue weighted by Crippen LogP contribution is 2.41. The van der Waals surface area contributed by atoms with Crippen LogP contribution in [0.1, 0.15) is 161 Å². The Hall–Kier alpha value is -1.57. The summed E-state index contributed by atoms with van der Waals surface area (Å²) in [6.45, 7) is 2.97. The summed E-state index contributed by atoms with van der Waals surface area (Å²) in [5.41, 5.74) is 0. The van der Waals surface area contributed by atoms with Gasteiger partial charge >= 0.3 is 8.60 Å². The van der Waals surface area contributed by atoms with Crippen LogP contribution in [-0.4, -0.2) is 6.61 Å². The van der Waals surface area contributed by atoms with Crippen LogP contribution in [-0.2, 0) is 4.52 Å². The molecule has 2 aromatic rings. The van der Waals surface area contributed by atoms with E-state index < -0.39 is 8.60 Å². The summed E-state index contributed by atoms with van der Waals surface area (Å²) >= 11 is 0. The van der Waals surface area contributed by atoms with Crippen molar-refractivity contribution < 1.29 is 13.6 Å². The molecule has 0 N–H and O–H groups in total. The minimum absolute atomic E-state index is 0.671. The van der Waals surface area contributed by atoms with Crippen LogP contribution in [0.3, 0.4) is 0 Å². The molecule has 0 aliphatic rings. The summed E-state index contributed by atoms with van der Waals surface area (Å²) in [6, 6.07) is 19.6. The van der Waals surface area contributed by atoms with Gasteiger partial charge in [0.1, 0.15) is 11.5 Å². The number of hydrogen-bond donors (Lipinski definition) is 0. The third kappa shape index (κ3) is 22.0. The number of unbranched alkanes of at least 4 members (excludes halogenated alkanes) is 23. The van der Waals surface area contributed by atoms with Crippen molar-refractivity contribution in [3.63, 3.8) is 0 Å². The van der Waals surface area contributed by atoms with Crippen LogP contribution in [0.2, 0.25) is 0 Å². The summed E-state index contributed by atoms with van der Waals surface area (Å²) in [7, 11) is -1.46. The van der Waals surface area contributed by atoms with E-state index in [1.807, 2.05) is 60.7 Å². The molecule has 0 heterocycles. The summed E-state index contributed by atoms with van der Waals surface area (Å²) in [4.78, 5) is 0. The lowest BCUT2D eigenvalue weighted by molar-refractivity contribution is 0.258. The Labute approximate surface area is 261 Å². The maximum atomic E-state index is 6.02. The van der Waals surface area contributed by atoms with Crippen LogP contribution < -0.4 is 9.05 Å². The van der Waals surface area contributed by atoms with E-state index in [4.69, 9.17) is 13.6 Å². The lowest BCUT2D eigenvalue weighted by Crippen LogP contribution is -2.01. The van der Waals surface area contributed by atoms with Gasteiger partial charge in [0, 0.05) is 0 Å². The van der Waals surface area contributed by atoms with E-state index in [2.05, 4.69) is 6.92 Å². The van der Waals surface area contributed by atoms with Crippen molar-refractivity contribution in [3.8, 4) is 11.5 Å². The standard InChI is InChI=1S/C38H63O3P/c1-2-3-4-5-6-7-8-9-10-11-12-13-14-15-16-17-18-19-20-21-22-23-24-31-36-39-42(40-37-32-27-25-28-33-37)41-38-34-29-26-30-35-38/h25-30,32-35H,2-24,31,36H2,1H3. The average molecular weight is 599 g/mol. The van der Waals surface area contributed by atoms with Gasteiger partial charge in [-0.2, -0.15) is 0 Å². The molecule has 0 aromatic heterocycles. The first-order chi connectivity index (χ1) is 20.9. The van der Waals surface area contributed by atoms with Crippen molar-refractivity contribution in [1.82, 2.24) is 0 Å². The zero-order valence-electron chi connectivity index (χ0n) is 27.1. The zero-order chi connectivity index (χ0) is 29.6. The minimum atomic E-state index is -1.46. The first-order valence-electron chi connectivity index (χ1n) is 17.8. The van der Waals surface area contributed by atoms with Gasteiger partial charge in [0.2, 0.25) is 0 Å². The molecule has 0 unspecified atom stereocenters. The van der Waals surface area contributed by atoms with Crippen LogP contribution in [0.15, 0.2) is 60.7 Å². The quantitative estimate of drug-likeness (QED) is 0.0661. The van der Waals surface area contributed by atoms with Crippen molar-refractivity contribution in [2.75, 3.05) is 6.61 Å². The number of hydrogen-bond acceptors (Lipinski definition) is 3. The Morgan fingerprint density at radius 2 is 0.667 bits per heavy atom. The second-order valence-electron chi connectivity index (χ2n) is 12.0. The van der Waals surface area contributed by atoms with Gasteiger partial charge in [0.15, 0.2) is 0 Å². The largest absolute Gasteiger partial charge is 0.463 e. The lowest BCUT2D eigenvalue weighted by atomic mass is 10.0. The van der Waals surface area contributed by atoms with Gasteiger partial charge in [-0.15, -0.1) is 0 Å². The van der Waals surface area contributed by atoms with Crippen molar-refractivity contribution >= 4 is 8.60 Å². The molecule has 3 nitrogen and oxygen atoms in total. The monoisotopic (exact) mass is 598 g/mol. The molecule has 4 heteroatoms. The molecule has 0 saturated carbocycles. The predicted octanol–water partition coefficient (Wildman–Crippen LogP) is 13.8. The van der Waals surface area contributed by atoms with Crippen molar-refractivity contribution in [2.24, 2.45) is 0 Å². The van der Waals surface area contributed by atoms with E-state index in [0.717, 1.165) is 17.9 Å². The maximum Gasteiger partial charge on any atom is 0.463 e. The van der Waals surface area contributed by atoms with E-state index in [1.54, 1.807) is 0 Å². The smallest absolute Gasteiger partial charge is 0.418 e. The molecular formula is C38H63O3P. The van der Waals surface area contributed by atoms with Crippen LogP contribution >= 0.6 is 8.60 Å². The number of para-hydroxylation sites is 2. The fourth-order valence-electron chi connectivity index (χ4n) is 5.41. The van der Waals surface area contributed by atoms with Gasteiger partial charge in [-0.25, -0.2) is 0 Å². The highest BCUT2D eigenvalue weighted by molar-refractivity contribution is 7.42. The Morgan fingerprint density at radius 3 is 0.976 bits per heavy atom. The summed E-state index contributed by atoms with van der Waals surface area (Å²) < 4.78 is 18.0. The zero-order valence-corrected chi connectivity index (χ0v) is 28.0. The van der Waals surface area contributed by atoms with Crippen LogP contribution in [0.4, 0.5) is 0 Å².